The Bertz CT molecular complexity index is 174. The van der Waals surface area contributed by atoms with Crippen LogP contribution in [0.25, 0.3) is 0 Å². The number of alkyl halides is 1. The molecular weight excluding hydrogens is 279 g/mol. The summed E-state index contributed by atoms with van der Waals surface area (Å²) in [6.07, 6.45) is 1.75. The van der Waals surface area contributed by atoms with Crippen LogP contribution in [0.5, 0.6) is 0 Å². The molecule has 13 heavy (non-hydrogen) atoms. The zero-order valence-electron chi connectivity index (χ0n) is 8.51. The van der Waals surface area contributed by atoms with Crippen LogP contribution in [0.2, 0.25) is 0 Å². The van der Waals surface area contributed by atoms with E-state index in [0.717, 1.165) is 13.0 Å². The molecule has 0 spiro atoms. The van der Waals surface area contributed by atoms with Gasteiger partial charge in [-0.25, -0.2) is 0 Å². The molecule has 0 aromatic rings. The van der Waals surface area contributed by atoms with Crippen molar-refractivity contribution in [1.82, 2.24) is 8.43 Å². The van der Waals surface area contributed by atoms with Gasteiger partial charge in [-0.3, -0.25) is 0 Å². The van der Waals surface area contributed by atoms with E-state index < -0.39 is 0 Å². The zero-order chi connectivity index (χ0) is 9.84. The van der Waals surface area contributed by atoms with Crippen molar-refractivity contribution < 1.29 is 26.3 Å². The Hall–Kier alpha value is 0.160. The molecule has 4 heteroatoms. The molecule has 78 valence electrons. The number of carbonyl (C=O) groups is 1. The summed E-state index contributed by atoms with van der Waals surface area (Å²) in [5.41, 5.74) is 0. The molecular formula is C9H18IN2O-. The fraction of sp³-hybridized carbons (Fsp3) is 0.889. The van der Waals surface area contributed by atoms with Crippen molar-refractivity contribution in [2.24, 2.45) is 0 Å². The molecule has 0 aliphatic carbocycles. The minimum atomic E-state index is 0.143. The van der Waals surface area contributed by atoms with Crippen molar-refractivity contribution in [2.75, 3.05) is 11.5 Å². The van der Waals surface area contributed by atoms with Crippen LogP contribution in [-0.2, 0) is 4.79 Å². The molecule has 1 amide bonds. The van der Waals surface area contributed by atoms with Crippen molar-refractivity contribution in [3.05, 3.63) is 0 Å². The Balaban J connectivity index is 2.46. The van der Waals surface area contributed by atoms with E-state index >= 15 is 0 Å². The molecule has 0 saturated carbocycles. The molecule has 1 rings (SSSR count). The summed E-state index contributed by atoms with van der Waals surface area (Å²) in [6, 6.07) is 1.22. The fourth-order valence-electron chi connectivity index (χ4n) is 1.69. The van der Waals surface area contributed by atoms with Gasteiger partial charge in [0.1, 0.15) is 0 Å². The summed E-state index contributed by atoms with van der Waals surface area (Å²) in [7, 11) is 0. The Morgan fingerprint density at radius 2 is 2.31 bits per heavy atom. The molecule has 0 unspecified atom stereocenters. The summed E-state index contributed by atoms with van der Waals surface area (Å²) in [5.74, 6) is 0.217. The Morgan fingerprint density at radius 1 is 1.62 bits per heavy atom. The van der Waals surface area contributed by atoms with Crippen molar-refractivity contribution in [1.29, 1.82) is 0 Å². The van der Waals surface area contributed by atoms with Gasteiger partial charge in [-0.2, -0.15) is 0 Å². The normalized spacial score (nSPS) is 24.1. The van der Waals surface area contributed by atoms with E-state index in [0.29, 0.717) is 18.5 Å². The number of amides is 1. The molecule has 0 aromatic heterocycles. The summed E-state index contributed by atoms with van der Waals surface area (Å²) in [5, 5.41) is 2.94. The van der Waals surface area contributed by atoms with Crippen LogP contribution in [0.1, 0.15) is 26.7 Å². The first kappa shape index (κ1) is 11.2. The standard InChI is InChI=1S/C9H18IN2O/c1-7(2)12(10-3)8-4-5-9(13)11-6-8/h7-8H,4-6H2,1-3H3,(H,11,13)/q-1/t8-/m0/s1. The van der Waals surface area contributed by atoms with Crippen LogP contribution < -0.4 is 26.8 Å². The molecule has 1 N–H and O–H groups in total. The number of nitrogens with zero attached hydrogens (tertiary/aromatic N) is 1. The number of hydrogen-bond donors (Lipinski definition) is 1. The summed E-state index contributed by atoms with van der Waals surface area (Å²) < 4.78 is 2.55. The van der Waals surface area contributed by atoms with Crippen LogP contribution >= 0.6 is 0 Å². The monoisotopic (exact) mass is 297 g/mol. The molecule has 1 aliphatic rings. The summed E-state index contributed by atoms with van der Waals surface area (Å²) >= 11 is 0.143. The van der Waals surface area contributed by atoms with Crippen molar-refractivity contribution >= 4 is 5.91 Å². The van der Waals surface area contributed by atoms with Gasteiger partial charge in [-0.15, -0.1) is 0 Å². The third-order valence-corrected chi connectivity index (χ3v) is 5.29. The van der Waals surface area contributed by atoms with Crippen LogP contribution in [0.3, 0.4) is 0 Å². The number of hydrogen-bond acceptors (Lipinski definition) is 2. The number of carbonyl (C=O) groups excluding carboxylic acids is 1. The van der Waals surface area contributed by atoms with E-state index in [4.69, 9.17) is 0 Å². The second kappa shape index (κ2) is 5.14. The quantitative estimate of drug-likeness (QED) is 0.358. The van der Waals surface area contributed by atoms with E-state index in [1.807, 2.05) is 0 Å². The maximum absolute atomic E-state index is 11.0. The van der Waals surface area contributed by atoms with E-state index in [-0.39, 0.29) is 27.4 Å². The van der Waals surface area contributed by atoms with Gasteiger partial charge in [0, 0.05) is 0 Å². The van der Waals surface area contributed by atoms with Crippen molar-refractivity contribution in [2.45, 2.75) is 38.8 Å². The molecule has 1 fully saturated rings. The Morgan fingerprint density at radius 3 is 2.69 bits per heavy atom. The number of rotatable bonds is 3. The van der Waals surface area contributed by atoms with Crippen LogP contribution in [0.15, 0.2) is 0 Å². The van der Waals surface area contributed by atoms with E-state index in [1.54, 1.807) is 0 Å². The average molecular weight is 297 g/mol. The topological polar surface area (TPSA) is 32.3 Å². The summed E-state index contributed by atoms with van der Waals surface area (Å²) in [4.78, 5) is 13.3. The minimum absolute atomic E-state index is 0.143. The summed E-state index contributed by atoms with van der Waals surface area (Å²) in [6.45, 7) is 5.32. The molecule has 1 heterocycles. The SMILES string of the molecule is C[I-]N(C(C)C)[C@H]1CCC(=O)NC1. The molecule has 1 atom stereocenters. The van der Waals surface area contributed by atoms with Gasteiger partial charge in [-0.05, 0) is 0 Å². The predicted octanol–water partition coefficient (Wildman–Crippen LogP) is -2.39. The van der Waals surface area contributed by atoms with E-state index in [9.17, 15) is 4.79 Å². The molecule has 0 radical (unpaired) electrons. The van der Waals surface area contributed by atoms with E-state index in [2.05, 4.69) is 27.2 Å². The van der Waals surface area contributed by atoms with Crippen LogP contribution in [0, 0.1) is 0 Å². The van der Waals surface area contributed by atoms with Gasteiger partial charge in [0.2, 0.25) is 0 Å². The first-order valence-electron chi connectivity index (χ1n) is 4.70. The molecule has 1 aliphatic heterocycles. The third-order valence-electron chi connectivity index (χ3n) is 2.28. The van der Waals surface area contributed by atoms with Crippen LogP contribution in [0.4, 0.5) is 0 Å². The van der Waals surface area contributed by atoms with Gasteiger partial charge in [0.25, 0.3) is 0 Å². The van der Waals surface area contributed by atoms with Gasteiger partial charge >= 0.3 is 90.9 Å². The Labute approximate surface area is 90.9 Å². The first-order valence-corrected chi connectivity index (χ1v) is 7.82. The van der Waals surface area contributed by atoms with E-state index in [1.165, 1.54) is 0 Å². The maximum atomic E-state index is 11.0. The number of nitrogens with one attached hydrogen (secondary N) is 1. The third kappa shape index (κ3) is 3.09. The average Bonchev–Trinajstić information content (AvgIpc) is 2.09. The number of piperidine rings is 1. The van der Waals surface area contributed by atoms with Crippen molar-refractivity contribution in [3.8, 4) is 0 Å². The number of halogens is 1. The first-order chi connectivity index (χ1) is 6.15. The second-order valence-corrected chi connectivity index (χ2v) is 5.68. The van der Waals surface area contributed by atoms with Gasteiger partial charge in [-0.1, -0.05) is 0 Å². The predicted molar refractivity (Wildman–Crippen MR) is 48.9 cm³/mol. The van der Waals surface area contributed by atoms with Gasteiger partial charge in [0.15, 0.2) is 0 Å². The second-order valence-electron chi connectivity index (χ2n) is 3.60. The van der Waals surface area contributed by atoms with Crippen LogP contribution in [-0.4, -0.2) is 32.6 Å². The Kier molecular flexibility index (Phi) is 4.45. The molecule has 0 aromatic carbocycles. The molecule has 3 nitrogen and oxygen atoms in total. The zero-order valence-corrected chi connectivity index (χ0v) is 10.7. The molecule has 1 saturated heterocycles. The molecule has 0 bridgehead atoms. The van der Waals surface area contributed by atoms with Gasteiger partial charge < -0.3 is 0 Å². The van der Waals surface area contributed by atoms with Gasteiger partial charge in [0.05, 0.1) is 0 Å². The van der Waals surface area contributed by atoms with Crippen molar-refractivity contribution in [3.63, 3.8) is 0 Å². The fourth-order valence-corrected chi connectivity index (χ4v) is 4.06.